The van der Waals surface area contributed by atoms with E-state index < -0.39 is 17.4 Å². The maximum absolute atomic E-state index is 13.0. The predicted octanol–water partition coefficient (Wildman–Crippen LogP) is 1.54. The molecule has 1 aromatic carbocycles. The van der Waals surface area contributed by atoms with Crippen molar-refractivity contribution in [2.24, 2.45) is 11.8 Å². The van der Waals surface area contributed by atoms with Crippen LogP contribution in [0.1, 0.15) is 6.92 Å². The van der Waals surface area contributed by atoms with Crippen LogP contribution in [0.2, 0.25) is 0 Å². The topological polar surface area (TPSA) is 65.1 Å². The molecule has 3 heterocycles. The summed E-state index contributed by atoms with van der Waals surface area (Å²) in [6.07, 6.45) is 3.44. The van der Waals surface area contributed by atoms with Crippen LogP contribution < -0.4 is 9.64 Å². The monoisotopic (exact) mass is 329 g/mol. The van der Waals surface area contributed by atoms with Crippen molar-refractivity contribution in [3.63, 3.8) is 0 Å². The van der Waals surface area contributed by atoms with Gasteiger partial charge in [0.2, 0.25) is 5.91 Å². The molecule has 2 bridgehead atoms. The largest absolute Gasteiger partial charge is 0.497 e. The highest BCUT2D eigenvalue weighted by atomic mass is 16.6. The van der Waals surface area contributed by atoms with Crippen molar-refractivity contribution in [3.05, 3.63) is 36.4 Å². The number of carbonyl (C=O) groups is 2. The van der Waals surface area contributed by atoms with Crippen LogP contribution in [0, 0.1) is 11.8 Å². The lowest BCUT2D eigenvalue weighted by Crippen LogP contribution is -2.40. The number of carbonyl (C=O) groups excluding carboxylic acids is 2. The van der Waals surface area contributed by atoms with Gasteiger partial charge in [0.25, 0.3) is 0 Å². The maximum atomic E-state index is 13.0. The SMILES string of the molecule is CCOC(=O)[C@H]1[C@H]2C(=O)N(c3ccc(OC)cc3)C[C@@]23C=C[C@H]1O3. The summed E-state index contributed by atoms with van der Waals surface area (Å²) in [4.78, 5) is 27.0. The summed E-state index contributed by atoms with van der Waals surface area (Å²) < 4.78 is 16.4. The van der Waals surface area contributed by atoms with Crippen LogP contribution in [0.25, 0.3) is 0 Å². The summed E-state index contributed by atoms with van der Waals surface area (Å²) in [6.45, 7) is 2.46. The van der Waals surface area contributed by atoms with Crippen molar-refractivity contribution in [1.29, 1.82) is 0 Å². The number of benzene rings is 1. The zero-order valence-corrected chi connectivity index (χ0v) is 13.6. The molecule has 0 unspecified atom stereocenters. The van der Waals surface area contributed by atoms with E-state index in [9.17, 15) is 9.59 Å². The standard InChI is InChI=1S/C18H19NO5/c1-3-23-17(21)14-13-8-9-18(24-13)10-19(16(20)15(14)18)11-4-6-12(22-2)7-5-11/h4-9,13-15H,3,10H2,1-2H3/t13-,14-,15+,18+/m1/s1. The van der Waals surface area contributed by atoms with Gasteiger partial charge in [-0.3, -0.25) is 9.59 Å². The van der Waals surface area contributed by atoms with E-state index >= 15 is 0 Å². The Hall–Kier alpha value is -2.34. The Morgan fingerprint density at radius 1 is 1.38 bits per heavy atom. The molecule has 2 saturated heterocycles. The van der Waals surface area contributed by atoms with Gasteiger partial charge in [-0.2, -0.15) is 0 Å². The van der Waals surface area contributed by atoms with Gasteiger partial charge in [-0.1, -0.05) is 12.2 Å². The third-order valence-electron chi connectivity index (χ3n) is 5.04. The van der Waals surface area contributed by atoms with Gasteiger partial charge in [-0.05, 0) is 31.2 Å². The van der Waals surface area contributed by atoms with E-state index in [0.717, 1.165) is 11.4 Å². The van der Waals surface area contributed by atoms with Gasteiger partial charge in [-0.25, -0.2) is 0 Å². The van der Waals surface area contributed by atoms with Gasteiger partial charge in [0.15, 0.2) is 0 Å². The maximum Gasteiger partial charge on any atom is 0.312 e. The minimum atomic E-state index is -0.723. The average molecular weight is 329 g/mol. The van der Waals surface area contributed by atoms with E-state index in [1.165, 1.54) is 0 Å². The van der Waals surface area contributed by atoms with Gasteiger partial charge in [0, 0.05) is 5.69 Å². The number of hydrogen-bond donors (Lipinski definition) is 0. The zero-order chi connectivity index (χ0) is 16.9. The third-order valence-corrected chi connectivity index (χ3v) is 5.04. The minimum Gasteiger partial charge on any atom is -0.497 e. The molecule has 1 aromatic rings. The summed E-state index contributed by atoms with van der Waals surface area (Å²) in [7, 11) is 1.60. The van der Waals surface area contributed by atoms with Crippen molar-refractivity contribution in [1.82, 2.24) is 0 Å². The second-order valence-electron chi connectivity index (χ2n) is 6.27. The van der Waals surface area contributed by atoms with Crippen LogP contribution in [-0.4, -0.2) is 43.8 Å². The van der Waals surface area contributed by atoms with Crippen LogP contribution in [0.3, 0.4) is 0 Å². The Bertz CT molecular complexity index is 713. The Kier molecular flexibility index (Phi) is 3.38. The molecule has 4 rings (SSSR count). The smallest absolute Gasteiger partial charge is 0.312 e. The summed E-state index contributed by atoms with van der Waals surface area (Å²) >= 11 is 0. The van der Waals surface area contributed by atoms with Crippen molar-refractivity contribution in [2.45, 2.75) is 18.6 Å². The lowest BCUT2D eigenvalue weighted by atomic mass is 9.77. The lowest BCUT2D eigenvalue weighted by molar-refractivity contribution is -0.151. The van der Waals surface area contributed by atoms with E-state index in [2.05, 4.69) is 0 Å². The molecule has 6 nitrogen and oxygen atoms in total. The fraction of sp³-hybridized carbons (Fsp3) is 0.444. The Morgan fingerprint density at radius 3 is 2.79 bits per heavy atom. The number of esters is 1. The molecule has 3 aliphatic heterocycles. The molecule has 1 amide bonds. The number of hydrogen-bond acceptors (Lipinski definition) is 5. The molecule has 0 aliphatic carbocycles. The van der Waals surface area contributed by atoms with Crippen LogP contribution in [0.5, 0.6) is 5.75 Å². The van der Waals surface area contributed by atoms with E-state index in [4.69, 9.17) is 14.2 Å². The highest BCUT2D eigenvalue weighted by molar-refractivity contribution is 6.02. The van der Waals surface area contributed by atoms with Gasteiger partial charge >= 0.3 is 5.97 Å². The molecular formula is C18H19NO5. The van der Waals surface area contributed by atoms with Crippen molar-refractivity contribution < 1.29 is 23.8 Å². The first kappa shape index (κ1) is 15.2. The molecule has 2 fully saturated rings. The summed E-state index contributed by atoms with van der Waals surface area (Å²) in [5.74, 6) is -0.807. The van der Waals surface area contributed by atoms with Crippen LogP contribution in [-0.2, 0) is 19.1 Å². The number of rotatable bonds is 4. The molecule has 3 aliphatic rings. The minimum absolute atomic E-state index is 0.0925. The second-order valence-corrected chi connectivity index (χ2v) is 6.27. The molecule has 24 heavy (non-hydrogen) atoms. The van der Waals surface area contributed by atoms with Crippen LogP contribution in [0.4, 0.5) is 5.69 Å². The Morgan fingerprint density at radius 2 is 2.12 bits per heavy atom. The van der Waals surface area contributed by atoms with Gasteiger partial charge < -0.3 is 19.1 Å². The van der Waals surface area contributed by atoms with Crippen molar-refractivity contribution >= 4 is 17.6 Å². The molecule has 1 spiro atoms. The number of ether oxygens (including phenoxy) is 3. The average Bonchev–Trinajstić information content (AvgIpc) is 3.23. The first-order valence-corrected chi connectivity index (χ1v) is 8.09. The summed E-state index contributed by atoms with van der Waals surface area (Å²) in [5.41, 5.74) is 0.0478. The van der Waals surface area contributed by atoms with E-state index in [1.54, 1.807) is 18.9 Å². The number of methoxy groups -OCH3 is 1. The summed E-state index contributed by atoms with van der Waals surface area (Å²) in [5, 5.41) is 0. The molecule has 0 N–H and O–H groups in total. The molecule has 4 atom stereocenters. The number of amides is 1. The van der Waals surface area contributed by atoms with Crippen molar-refractivity contribution in [3.8, 4) is 5.75 Å². The predicted molar refractivity (Wildman–Crippen MR) is 85.7 cm³/mol. The molecular weight excluding hydrogens is 310 g/mol. The van der Waals surface area contributed by atoms with Crippen LogP contribution >= 0.6 is 0 Å². The first-order chi connectivity index (χ1) is 11.6. The molecule has 6 heteroatoms. The van der Waals surface area contributed by atoms with E-state index in [0.29, 0.717) is 13.2 Å². The fourth-order valence-corrected chi connectivity index (χ4v) is 3.99. The molecule has 126 valence electrons. The van der Waals surface area contributed by atoms with Gasteiger partial charge in [0.05, 0.1) is 32.3 Å². The molecule has 0 saturated carbocycles. The number of anilines is 1. The Labute approximate surface area is 140 Å². The Balaban J connectivity index is 1.65. The number of nitrogens with zero attached hydrogens (tertiary/aromatic N) is 1. The van der Waals surface area contributed by atoms with Crippen LogP contribution in [0.15, 0.2) is 36.4 Å². The molecule has 0 aromatic heterocycles. The quantitative estimate of drug-likeness (QED) is 0.619. The lowest BCUT2D eigenvalue weighted by Gasteiger charge is -2.22. The summed E-state index contributed by atoms with van der Waals surface area (Å²) in [6, 6.07) is 7.30. The first-order valence-electron chi connectivity index (χ1n) is 8.09. The highest BCUT2D eigenvalue weighted by Crippen LogP contribution is 2.52. The normalized spacial score (nSPS) is 33.0. The van der Waals surface area contributed by atoms with E-state index in [-0.39, 0.29) is 18.0 Å². The van der Waals surface area contributed by atoms with Gasteiger partial charge in [0.1, 0.15) is 17.3 Å². The highest BCUT2D eigenvalue weighted by Gasteiger charge is 2.67. The van der Waals surface area contributed by atoms with Crippen molar-refractivity contribution in [2.75, 3.05) is 25.2 Å². The van der Waals surface area contributed by atoms with Gasteiger partial charge in [-0.15, -0.1) is 0 Å². The van der Waals surface area contributed by atoms with E-state index in [1.807, 2.05) is 36.4 Å². The molecule has 0 radical (unpaired) electrons. The zero-order valence-electron chi connectivity index (χ0n) is 13.6. The third kappa shape index (κ3) is 1.99. The fourth-order valence-electron chi connectivity index (χ4n) is 3.99. The second kappa shape index (κ2) is 5.34. The number of fused-ring (bicyclic) bond motifs is 1.